The van der Waals surface area contributed by atoms with Crippen LogP contribution >= 0.6 is 0 Å². The number of nitrogen functional groups attached to an aromatic ring is 2. The number of nitrogens with two attached hydrogens (primary N) is 2. The van der Waals surface area contributed by atoms with Gasteiger partial charge in [-0.1, -0.05) is 11.2 Å². The van der Waals surface area contributed by atoms with Crippen molar-refractivity contribution in [1.82, 2.24) is 9.72 Å². The molecule has 6 nitrogen and oxygen atoms in total. The number of halogens is 2. The Morgan fingerprint density at radius 3 is 2.46 bits per heavy atom. The molecule has 0 spiro atoms. The first-order valence-electron chi connectivity index (χ1n) is 8.41. The monoisotopic (exact) mass is 382 g/mol. The number of hydrogen-bond acceptors (Lipinski definition) is 5. The summed E-state index contributed by atoms with van der Waals surface area (Å²) in [7, 11) is 0. The third kappa shape index (κ3) is 2.61. The van der Waals surface area contributed by atoms with Crippen LogP contribution in [0.2, 0.25) is 0 Å². The van der Waals surface area contributed by atoms with E-state index >= 15 is 0 Å². The van der Waals surface area contributed by atoms with Crippen LogP contribution < -0.4 is 16.9 Å². The lowest BCUT2D eigenvalue weighted by molar-refractivity contribution is 0.393. The van der Waals surface area contributed by atoms with Crippen molar-refractivity contribution >= 4 is 22.3 Å². The fraction of sp³-hybridized carbons (Fsp3) is 0.100. The Morgan fingerprint density at radius 2 is 1.79 bits per heavy atom. The number of anilines is 2. The zero-order valence-corrected chi connectivity index (χ0v) is 15.1. The molecule has 8 heteroatoms. The highest BCUT2D eigenvalue weighted by Crippen LogP contribution is 2.31. The second-order valence-electron chi connectivity index (χ2n) is 6.54. The molecule has 0 aliphatic rings. The first kappa shape index (κ1) is 17.7. The number of pyridine rings is 1. The number of rotatable bonds is 2. The molecule has 0 radical (unpaired) electrons. The summed E-state index contributed by atoms with van der Waals surface area (Å²) in [5.74, 6) is -1.09. The van der Waals surface area contributed by atoms with Crippen LogP contribution in [-0.2, 0) is 0 Å². The molecule has 0 bridgehead atoms. The molecule has 4 aromatic rings. The molecule has 4 rings (SSSR count). The van der Waals surface area contributed by atoms with E-state index in [-0.39, 0.29) is 27.9 Å². The van der Waals surface area contributed by atoms with Gasteiger partial charge in [0.05, 0.1) is 28.3 Å². The summed E-state index contributed by atoms with van der Waals surface area (Å²) >= 11 is 0. The normalized spacial score (nSPS) is 11.3. The van der Waals surface area contributed by atoms with Crippen molar-refractivity contribution in [3.8, 4) is 16.8 Å². The third-order valence-corrected chi connectivity index (χ3v) is 4.68. The van der Waals surface area contributed by atoms with E-state index in [9.17, 15) is 13.6 Å². The SMILES string of the molecule is Cc1noc(C)c1-c1ccc2c(=O)c(N)cn(-c3cc(N)c(F)cc3F)c2c1. The topological polar surface area (TPSA) is 100 Å². The molecule has 0 unspecified atom stereocenters. The van der Waals surface area contributed by atoms with Gasteiger partial charge >= 0.3 is 0 Å². The highest BCUT2D eigenvalue weighted by Gasteiger charge is 2.17. The van der Waals surface area contributed by atoms with E-state index in [1.807, 2.05) is 0 Å². The van der Waals surface area contributed by atoms with E-state index in [1.54, 1.807) is 32.0 Å². The summed E-state index contributed by atoms with van der Waals surface area (Å²) in [6, 6.07) is 6.92. The molecule has 4 N–H and O–H groups in total. The minimum Gasteiger partial charge on any atom is -0.396 e. The Kier molecular flexibility index (Phi) is 3.92. The minimum absolute atomic E-state index is 0.0217. The highest BCUT2D eigenvalue weighted by molar-refractivity contribution is 5.88. The fourth-order valence-corrected chi connectivity index (χ4v) is 3.33. The maximum atomic E-state index is 14.5. The maximum Gasteiger partial charge on any atom is 0.212 e. The van der Waals surface area contributed by atoms with Crippen molar-refractivity contribution in [2.45, 2.75) is 13.8 Å². The van der Waals surface area contributed by atoms with Gasteiger partial charge in [0.25, 0.3) is 0 Å². The molecule has 0 aliphatic carbocycles. The van der Waals surface area contributed by atoms with Gasteiger partial charge in [-0.15, -0.1) is 0 Å². The Balaban J connectivity index is 2.09. The van der Waals surface area contributed by atoms with E-state index in [0.29, 0.717) is 23.0 Å². The second-order valence-corrected chi connectivity index (χ2v) is 6.54. The van der Waals surface area contributed by atoms with Crippen molar-refractivity contribution < 1.29 is 13.3 Å². The predicted molar refractivity (Wildman–Crippen MR) is 103 cm³/mol. The number of aryl methyl sites for hydroxylation is 2. The molecule has 0 atom stereocenters. The Morgan fingerprint density at radius 1 is 1.04 bits per heavy atom. The number of benzene rings is 2. The quantitative estimate of drug-likeness (QED) is 0.515. The van der Waals surface area contributed by atoms with Crippen LogP contribution in [0.4, 0.5) is 20.2 Å². The largest absolute Gasteiger partial charge is 0.396 e. The van der Waals surface area contributed by atoms with Crippen LogP contribution in [0.1, 0.15) is 11.5 Å². The van der Waals surface area contributed by atoms with Crippen molar-refractivity contribution in [3.63, 3.8) is 0 Å². The molecule has 0 amide bonds. The first-order chi connectivity index (χ1) is 13.3. The maximum absolute atomic E-state index is 14.5. The third-order valence-electron chi connectivity index (χ3n) is 4.68. The van der Waals surface area contributed by atoms with Gasteiger partial charge in [0.15, 0.2) is 0 Å². The van der Waals surface area contributed by atoms with E-state index in [0.717, 1.165) is 17.2 Å². The first-order valence-corrected chi connectivity index (χ1v) is 8.41. The van der Waals surface area contributed by atoms with E-state index in [4.69, 9.17) is 16.0 Å². The van der Waals surface area contributed by atoms with E-state index in [1.165, 1.54) is 10.8 Å². The summed E-state index contributed by atoms with van der Waals surface area (Å²) in [6.07, 6.45) is 1.30. The average molecular weight is 382 g/mol. The van der Waals surface area contributed by atoms with Gasteiger partial charge in [-0.3, -0.25) is 4.79 Å². The molecule has 0 fully saturated rings. The van der Waals surface area contributed by atoms with Crippen LogP contribution in [0.5, 0.6) is 0 Å². The van der Waals surface area contributed by atoms with Gasteiger partial charge in [-0.2, -0.15) is 0 Å². The fourth-order valence-electron chi connectivity index (χ4n) is 3.33. The van der Waals surface area contributed by atoms with Crippen LogP contribution in [-0.4, -0.2) is 9.72 Å². The second kappa shape index (κ2) is 6.19. The van der Waals surface area contributed by atoms with E-state index < -0.39 is 11.6 Å². The number of aromatic nitrogens is 2. The molecule has 142 valence electrons. The zero-order valence-electron chi connectivity index (χ0n) is 15.1. The van der Waals surface area contributed by atoms with Crippen LogP contribution in [0.25, 0.3) is 27.7 Å². The van der Waals surface area contributed by atoms with Gasteiger partial charge in [0.1, 0.15) is 17.4 Å². The highest BCUT2D eigenvalue weighted by atomic mass is 19.1. The minimum atomic E-state index is -0.865. The Labute approximate surface area is 158 Å². The molecule has 0 aliphatic heterocycles. The Hall–Kier alpha value is -3.68. The average Bonchev–Trinajstić information content (AvgIpc) is 2.99. The Bertz CT molecular complexity index is 1290. The predicted octanol–water partition coefficient (Wildman–Crippen LogP) is 3.71. The summed E-state index contributed by atoms with van der Waals surface area (Å²) in [5, 5.41) is 4.23. The van der Waals surface area contributed by atoms with E-state index in [2.05, 4.69) is 5.16 Å². The number of hydrogen-bond donors (Lipinski definition) is 2. The molecule has 0 saturated heterocycles. The molecular weight excluding hydrogens is 366 g/mol. The summed E-state index contributed by atoms with van der Waals surface area (Å²) < 4.78 is 34.7. The van der Waals surface area contributed by atoms with Crippen molar-refractivity contribution in [3.05, 3.63) is 69.8 Å². The lowest BCUT2D eigenvalue weighted by atomic mass is 10.0. The summed E-state index contributed by atoms with van der Waals surface area (Å²) in [5.41, 5.74) is 13.3. The van der Waals surface area contributed by atoms with Crippen molar-refractivity contribution in [1.29, 1.82) is 0 Å². The number of nitrogens with zero attached hydrogens (tertiary/aromatic N) is 2. The van der Waals surface area contributed by atoms with Gasteiger partial charge in [0.2, 0.25) is 5.43 Å². The van der Waals surface area contributed by atoms with Crippen LogP contribution in [0.15, 0.2) is 45.8 Å². The molecular formula is C20H16F2N4O2. The lowest BCUT2D eigenvalue weighted by Gasteiger charge is -2.15. The van der Waals surface area contributed by atoms with Crippen molar-refractivity contribution in [2.24, 2.45) is 0 Å². The van der Waals surface area contributed by atoms with Crippen molar-refractivity contribution in [2.75, 3.05) is 11.5 Å². The lowest BCUT2D eigenvalue weighted by Crippen LogP contribution is -2.14. The van der Waals surface area contributed by atoms with Crippen LogP contribution in [0.3, 0.4) is 0 Å². The molecule has 2 heterocycles. The van der Waals surface area contributed by atoms with Gasteiger partial charge in [-0.25, -0.2) is 8.78 Å². The molecule has 0 saturated carbocycles. The number of fused-ring (bicyclic) bond motifs is 1. The zero-order chi connectivity index (χ0) is 20.2. The standard InChI is InChI=1S/C20H16F2N4O2/c1-9-19(10(2)28-25-9)11-3-4-12-17(5-11)26(8-16(24)20(12)27)18-7-15(23)13(21)6-14(18)22/h3-8H,23-24H2,1-2H3. The van der Waals surface area contributed by atoms with Gasteiger partial charge in [0, 0.05) is 23.2 Å². The summed E-state index contributed by atoms with van der Waals surface area (Å²) in [4.78, 5) is 12.5. The van der Waals surface area contributed by atoms with Crippen LogP contribution in [0, 0.1) is 25.5 Å². The smallest absolute Gasteiger partial charge is 0.212 e. The van der Waals surface area contributed by atoms with Gasteiger partial charge in [-0.05, 0) is 37.6 Å². The molecule has 2 aromatic heterocycles. The van der Waals surface area contributed by atoms with Gasteiger partial charge < -0.3 is 20.6 Å². The molecule has 2 aromatic carbocycles. The summed E-state index contributed by atoms with van der Waals surface area (Å²) in [6.45, 7) is 3.57. The molecule has 28 heavy (non-hydrogen) atoms.